The van der Waals surface area contributed by atoms with Crippen molar-refractivity contribution in [3.8, 4) is 0 Å². The Kier molecular flexibility index (Phi) is 7.82. The Morgan fingerprint density at radius 3 is 2.70 bits per heavy atom. The number of nitrogens with zero attached hydrogens (tertiary/aromatic N) is 1. The number of carboxylic acids is 1. The summed E-state index contributed by atoms with van der Waals surface area (Å²) < 4.78 is 5.45. The number of carbonyl (C=O) groups excluding carboxylic acids is 1. The molecule has 3 N–H and O–H groups in total. The second kappa shape index (κ2) is 9.87. The van der Waals surface area contributed by atoms with Gasteiger partial charge in [0, 0.05) is 0 Å². The summed E-state index contributed by atoms with van der Waals surface area (Å²) >= 11 is 7.85. The van der Waals surface area contributed by atoms with Gasteiger partial charge in [-0.25, -0.2) is 14.6 Å². The van der Waals surface area contributed by atoms with Gasteiger partial charge >= 0.3 is 12.1 Å². The van der Waals surface area contributed by atoms with E-state index in [1.54, 1.807) is 25.2 Å². The number of aliphatic carboxylic acids is 1. The van der Waals surface area contributed by atoms with Crippen molar-refractivity contribution in [1.29, 1.82) is 0 Å². The Morgan fingerprint density at radius 1 is 1.44 bits per heavy atom. The third-order valence-electron chi connectivity index (χ3n) is 4.14. The maximum absolute atomic E-state index is 10.6. The van der Waals surface area contributed by atoms with E-state index < -0.39 is 18.1 Å². The minimum Gasteiger partial charge on any atom is -0.480 e. The summed E-state index contributed by atoms with van der Waals surface area (Å²) in [5.41, 5.74) is 0.952. The van der Waals surface area contributed by atoms with Crippen molar-refractivity contribution in [1.82, 2.24) is 15.6 Å². The maximum atomic E-state index is 10.6. The fraction of sp³-hybridized carbons (Fsp3) is 0.500. The summed E-state index contributed by atoms with van der Waals surface area (Å²) in [5, 5.41) is 16.2. The Labute approximate surface area is 167 Å². The van der Waals surface area contributed by atoms with Crippen LogP contribution in [0.4, 0.5) is 4.79 Å². The highest BCUT2D eigenvalue weighted by molar-refractivity contribution is 7.18. The lowest BCUT2D eigenvalue weighted by Gasteiger charge is -2.16. The van der Waals surface area contributed by atoms with Gasteiger partial charge in [-0.3, -0.25) is 0 Å². The van der Waals surface area contributed by atoms with Gasteiger partial charge in [0.2, 0.25) is 0 Å². The van der Waals surface area contributed by atoms with Crippen LogP contribution in [0.2, 0.25) is 5.02 Å². The van der Waals surface area contributed by atoms with Crippen molar-refractivity contribution in [3.63, 3.8) is 0 Å². The molecule has 1 aromatic carbocycles. The summed E-state index contributed by atoms with van der Waals surface area (Å²) in [7, 11) is 1.19. The van der Waals surface area contributed by atoms with E-state index in [1.807, 2.05) is 12.1 Å². The lowest BCUT2D eigenvalue weighted by atomic mass is 10.1. The van der Waals surface area contributed by atoms with Crippen LogP contribution in [0.15, 0.2) is 18.2 Å². The molecule has 0 saturated carbocycles. The van der Waals surface area contributed by atoms with Gasteiger partial charge in [-0.15, -0.1) is 11.3 Å². The zero-order valence-corrected chi connectivity index (χ0v) is 17.1. The number of alkyl carbamates (subject to hydrolysis) is 1. The van der Waals surface area contributed by atoms with E-state index in [4.69, 9.17) is 16.7 Å². The molecule has 0 spiro atoms. The largest absolute Gasteiger partial charge is 0.480 e. The first-order valence-electron chi connectivity index (χ1n) is 8.69. The normalized spacial score (nSPS) is 17.3. The van der Waals surface area contributed by atoms with Crippen LogP contribution in [-0.4, -0.2) is 41.8 Å². The molecule has 148 valence electrons. The van der Waals surface area contributed by atoms with Crippen LogP contribution in [0.5, 0.6) is 0 Å². The van der Waals surface area contributed by atoms with E-state index in [0.29, 0.717) is 6.04 Å². The van der Waals surface area contributed by atoms with Crippen molar-refractivity contribution >= 4 is 45.2 Å². The predicted molar refractivity (Wildman–Crippen MR) is 106 cm³/mol. The molecule has 1 aliphatic heterocycles. The standard InChI is InChI=1S/C11H11ClN2S.C7H13NO4/c12-7-3-1-5-9-10(7)14-11(15-9)8-4-2-6-13-8;1-4(2)5(6(9)10)8-7(11)12-3/h1,3,5,8,13H,2,4,6H2;4-5H,1-3H3,(H,8,11)(H,9,10). The van der Waals surface area contributed by atoms with Crippen molar-refractivity contribution in [3.05, 3.63) is 28.2 Å². The highest BCUT2D eigenvalue weighted by Crippen LogP contribution is 2.33. The molecular weight excluding hydrogens is 390 g/mol. The number of amides is 1. The molecule has 2 aromatic rings. The van der Waals surface area contributed by atoms with Gasteiger partial charge in [-0.2, -0.15) is 0 Å². The number of fused-ring (bicyclic) bond motifs is 1. The van der Waals surface area contributed by atoms with E-state index in [2.05, 4.69) is 26.4 Å². The van der Waals surface area contributed by atoms with Gasteiger partial charge < -0.3 is 20.5 Å². The minimum absolute atomic E-state index is 0.165. The number of rotatable bonds is 4. The monoisotopic (exact) mass is 413 g/mol. The van der Waals surface area contributed by atoms with E-state index in [9.17, 15) is 9.59 Å². The van der Waals surface area contributed by atoms with Gasteiger partial charge in [0.25, 0.3) is 0 Å². The lowest BCUT2D eigenvalue weighted by Crippen LogP contribution is -2.44. The van der Waals surface area contributed by atoms with E-state index in [0.717, 1.165) is 17.1 Å². The van der Waals surface area contributed by atoms with Crippen LogP contribution in [0.1, 0.15) is 37.7 Å². The Bertz CT molecular complexity index is 790. The van der Waals surface area contributed by atoms with Crippen LogP contribution < -0.4 is 10.6 Å². The molecular formula is C18H24ClN3O4S. The number of hydrogen-bond donors (Lipinski definition) is 3. The van der Waals surface area contributed by atoms with Gasteiger partial charge in [-0.05, 0) is 37.4 Å². The van der Waals surface area contributed by atoms with Crippen LogP contribution in [0.25, 0.3) is 10.2 Å². The molecule has 7 nitrogen and oxygen atoms in total. The molecule has 9 heteroatoms. The summed E-state index contributed by atoms with van der Waals surface area (Å²) in [6.45, 7) is 4.51. The van der Waals surface area contributed by atoms with Crippen LogP contribution >= 0.6 is 22.9 Å². The first kappa shape index (κ1) is 21.4. The fourth-order valence-electron chi connectivity index (χ4n) is 2.68. The average molecular weight is 414 g/mol. The topological polar surface area (TPSA) is 101 Å². The number of nitrogens with one attached hydrogen (secondary N) is 2. The number of para-hydroxylation sites is 1. The SMILES string of the molecule is COC(=O)NC(C(=O)O)C(C)C.Clc1cccc2sc(C3CCCN3)nc12. The smallest absolute Gasteiger partial charge is 0.407 e. The van der Waals surface area contributed by atoms with Crippen molar-refractivity contribution in [2.75, 3.05) is 13.7 Å². The second-order valence-corrected chi connectivity index (χ2v) is 7.95. The molecule has 0 radical (unpaired) electrons. The van der Waals surface area contributed by atoms with Crippen LogP contribution in [0.3, 0.4) is 0 Å². The highest BCUT2D eigenvalue weighted by Gasteiger charge is 2.23. The summed E-state index contributed by atoms with van der Waals surface area (Å²) in [4.78, 5) is 25.8. The molecule has 0 aliphatic carbocycles. The molecule has 0 bridgehead atoms. The number of carbonyl (C=O) groups is 2. The van der Waals surface area contributed by atoms with Crippen molar-refractivity contribution in [2.45, 2.75) is 38.8 Å². The van der Waals surface area contributed by atoms with E-state index in [-0.39, 0.29) is 5.92 Å². The number of hydrogen-bond acceptors (Lipinski definition) is 6. The minimum atomic E-state index is -1.06. The first-order chi connectivity index (χ1) is 12.8. The fourth-order valence-corrected chi connectivity index (χ4v) is 4.05. The molecule has 27 heavy (non-hydrogen) atoms. The molecule has 1 amide bonds. The Morgan fingerprint density at radius 2 is 2.19 bits per heavy atom. The average Bonchev–Trinajstić information content (AvgIpc) is 3.29. The number of carboxylic acid groups (broad SMARTS) is 1. The summed E-state index contributed by atoms with van der Waals surface area (Å²) in [5.74, 6) is -1.22. The number of halogens is 1. The van der Waals surface area contributed by atoms with Gasteiger partial charge in [0.05, 0.1) is 22.9 Å². The summed E-state index contributed by atoms with van der Waals surface area (Å²) in [6, 6.07) is 5.51. The quantitative estimate of drug-likeness (QED) is 0.704. The molecule has 2 unspecified atom stereocenters. The number of thiazole rings is 1. The number of ether oxygens (including phenoxy) is 1. The zero-order valence-electron chi connectivity index (χ0n) is 15.5. The molecule has 3 rings (SSSR count). The first-order valence-corrected chi connectivity index (χ1v) is 9.88. The second-order valence-electron chi connectivity index (χ2n) is 6.48. The molecule has 1 saturated heterocycles. The predicted octanol–water partition coefficient (Wildman–Crippen LogP) is 3.83. The number of methoxy groups -OCH3 is 1. The van der Waals surface area contributed by atoms with Gasteiger partial charge in [-0.1, -0.05) is 31.5 Å². The third kappa shape index (κ3) is 5.79. The molecule has 1 aromatic heterocycles. The van der Waals surface area contributed by atoms with E-state index >= 15 is 0 Å². The van der Waals surface area contributed by atoms with Crippen LogP contribution in [0, 0.1) is 5.92 Å². The molecule has 1 aliphatic rings. The highest BCUT2D eigenvalue weighted by atomic mass is 35.5. The summed E-state index contributed by atoms with van der Waals surface area (Å²) in [6.07, 6.45) is 1.71. The Hall–Kier alpha value is -1.90. The molecule has 1 fully saturated rings. The van der Waals surface area contributed by atoms with E-state index in [1.165, 1.54) is 29.7 Å². The van der Waals surface area contributed by atoms with Gasteiger partial charge in [0.1, 0.15) is 16.6 Å². The zero-order chi connectivity index (χ0) is 20.0. The third-order valence-corrected chi connectivity index (χ3v) is 5.58. The number of benzene rings is 1. The number of aromatic nitrogens is 1. The van der Waals surface area contributed by atoms with Crippen molar-refractivity contribution in [2.24, 2.45) is 5.92 Å². The molecule has 2 heterocycles. The lowest BCUT2D eigenvalue weighted by molar-refractivity contribution is -0.140. The Balaban J connectivity index is 0.000000201. The van der Waals surface area contributed by atoms with Crippen molar-refractivity contribution < 1.29 is 19.4 Å². The molecule has 2 atom stereocenters. The van der Waals surface area contributed by atoms with Gasteiger partial charge in [0.15, 0.2) is 0 Å². The maximum Gasteiger partial charge on any atom is 0.407 e. The van der Waals surface area contributed by atoms with Crippen LogP contribution in [-0.2, 0) is 9.53 Å².